The van der Waals surface area contributed by atoms with E-state index in [2.05, 4.69) is 78.5 Å². The van der Waals surface area contributed by atoms with Crippen LogP contribution in [0, 0.1) is 0 Å². The number of rotatable bonds is 0. The molecule has 3 aromatic rings. The van der Waals surface area contributed by atoms with Gasteiger partial charge >= 0.3 is 0 Å². The van der Waals surface area contributed by atoms with E-state index in [0.29, 0.717) is 11.8 Å². The minimum atomic E-state index is 0.463. The normalized spacial score (nSPS) is 20.9. The van der Waals surface area contributed by atoms with Crippen molar-refractivity contribution in [1.29, 1.82) is 0 Å². The first-order valence-electron chi connectivity index (χ1n) is 8.47. The average Bonchev–Trinajstić information content (AvgIpc) is 2.56. The monoisotopic (exact) mass is 298 g/mol. The zero-order chi connectivity index (χ0) is 15.4. The SMILES string of the molecule is C[n+]1cccc2c1C1Cc3ccccc3CC2c2ccccc21. The van der Waals surface area contributed by atoms with E-state index < -0.39 is 0 Å². The summed E-state index contributed by atoms with van der Waals surface area (Å²) < 4.78 is 2.34. The molecule has 0 spiro atoms. The van der Waals surface area contributed by atoms with Gasteiger partial charge in [0.1, 0.15) is 7.05 Å². The van der Waals surface area contributed by atoms with Gasteiger partial charge in [-0.25, -0.2) is 4.57 Å². The van der Waals surface area contributed by atoms with Gasteiger partial charge in [0.2, 0.25) is 0 Å². The van der Waals surface area contributed by atoms with Crippen LogP contribution in [0.1, 0.15) is 45.3 Å². The predicted molar refractivity (Wildman–Crippen MR) is 91.6 cm³/mol. The predicted octanol–water partition coefficient (Wildman–Crippen LogP) is 3.89. The van der Waals surface area contributed by atoms with Crippen molar-refractivity contribution >= 4 is 0 Å². The molecule has 2 aromatic carbocycles. The summed E-state index contributed by atoms with van der Waals surface area (Å²) >= 11 is 0. The molecule has 6 rings (SSSR count). The Hall–Kier alpha value is -2.41. The lowest BCUT2D eigenvalue weighted by molar-refractivity contribution is -0.680. The number of benzene rings is 2. The molecule has 1 nitrogen and oxygen atoms in total. The van der Waals surface area contributed by atoms with E-state index in [0.717, 1.165) is 12.8 Å². The molecule has 0 aliphatic heterocycles. The molecule has 1 heteroatoms. The van der Waals surface area contributed by atoms with Crippen molar-refractivity contribution in [2.24, 2.45) is 7.05 Å². The van der Waals surface area contributed by atoms with Crippen molar-refractivity contribution in [3.63, 3.8) is 0 Å². The fourth-order valence-corrected chi connectivity index (χ4v) is 4.67. The number of hydrogen-bond acceptors (Lipinski definition) is 0. The molecule has 0 fully saturated rings. The van der Waals surface area contributed by atoms with E-state index in [1.54, 1.807) is 0 Å². The molecule has 2 bridgehead atoms. The van der Waals surface area contributed by atoms with Gasteiger partial charge in [0.05, 0.1) is 5.92 Å². The molecule has 3 aliphatic rings. The van der Waals surface area contributed by atoms with Crippen LogP contribution in [0.5, 0.6) is 0 Å². The standard InChI is InChI=1S/C22H20N/c1-23-12-6-11-19-20-13-15-7-2-3-8-16(15)14-21(22(19)23)18-10-5-4-9-17(18)20/h2-12,20-21H,13-14H2,1H3/q+1. The Bertz CT molecular complexity index is 909. The average molecular weight is 298 g/mol. The van der Waals surface area contributed by atoms with Crippen molar-refractivity contribution in [2.75, 3.05) is 0 Å². The van der Waals surface area contributed by atoms with E-state index in [-0.39, 0.29) is 0 Å². The fourth-order valence-electron chi connectivity index (χ4n) is 4.67. The van der Waals surface area contributed by atoms with Gasteiger partial charge in [0.15, 0.2) is 11.9 Å². The first-order valence-corrected chi connectivity index (χ1v) is 8.47. The Morgan fingerprint density at radius 2 is 1.26 bits per heavy atom. The number of nitrogens with zero attached hydrogens (tertiary/aromatic N) is 1. The minimum absolute atomic E-state index is 0.463. The molecule has 112 valence electrons. The third kappa shape index (κ3) is 1.83. The van der Waals surface area contributed by atoms with Gasteiger partial charge in [0, 0.05) is 17.5 Å². The van der Waals surface area contributed by atoms with Crippen LogP contribution in [0.15, 0.2) is 66.9 Å². The molecule has 0 saturated carbocycles. The van der Waals surface area contributed by atoms with Crippen molar-refractivity contribution in [3.8, 4) is 0 Å². The molecule has 23 heavy (non-hydrogen) atoms. The highest BCUT2D eigenvalue weighted by Gasteiger charge is 2.39. The lowest BCUT2D eigenvalue weighted by Gasteiger charge is -2.35. The molecule has 2 atom stereocenters. The van der Waals surface area contributed by atoms with Crippen LogP contribution in [-0.2, 0) is 19.9 Å². The third-order valence-electron chi connectivity index (χ3n) is 5.68. The van der Waals surface area contributed by atoms with Gasteiger partial charge in [0.25, 0.3) is 0 Å². The molecule has 1 heterocycles. The molecular formula is C22H20N+. The summed E-state index contributed by atoms with van der Waals surface area (Å²) in [7, 11) is 2.20. The fraction of sp³-hybridized carbons (Fsp3) is 0.227. The van der Waals surface area contributed by atoms with Crippen LogP contribution in [0.4, 0.5) is 0 Å². The molecule has 0 saturated heterocycles. The molecule has 0 radical (unpaired) electrons. The molecule has 0 N–H and O–H groups in total. The van der Waals surface area contributed by atoms with E-state index in [4.69, 9.17) is 0 Å². The van der Waals surface area contributed by atoms with Gasteiger partial charge < -0.3 is 0 Å². The van der Waals surface area contributed by atoms with Gasteiger partial charge in [-0.3, -0.25) is 0 Å². The van der Waals surface area contributed by atoms with E-state index >= 15 is 0 Å². The van der Waals surface area contributed by atoms with Crippen LogP contribution in [0.25, 0.3) is 0 Å². The van der Waals surface area contributed by atoms with Crippen molar-refractivity contribution in [3.05, 3.63) is 100 Å². The number of pyridine rings is 1. The van der Waals surface area contributed by atoms with Gasteiger partial charge in [-0.1, -0.05) is 48.5 Å². The Morgan fingerprint density at radius 1 is 0.696 bits per heavy atom. The number of aromatic nitrogens is 1. The molecular weight excluding hydrogens is 278 g/mol. The summed E-state index contributed by atoms with van der Waals surface area (Å²) in [5.41, 5.74) is 9.13. The summed E-state index contributed by atoms with van der Waals surface area (Å²) in [6.07, 6.45) is 4.41. The van der Waals surface area contributed by atoms with E-state index in [9.17, 15) is 0 Å². The maximum Gasteiger partial charge on any atom is 0.192 e. The maximum atomic E-state index is 2.34. The Morgan fingerprint density at radius 3 is 2.00 bits per heavy atom. The summed E-state index contributed by atoms with van der Waals surface area (Å²) in [6.45, 7) is 0. The summed E-state index contributed by atoms with van der Waals surface area (Å²) in [5.74, 6) is 0.941. The first-order chi connectivity index (χ1) is 11.3. The van der Waals surface area contributed by atoms with Crippen molar-refractivity contribution < 1.29 is 4.57 Å². The van der Waals surface area contributed by atoms with Gasteiger partial charge in [-0.15, -0.1) is 0 Å². The Kier molecular flexibility index (Phi) is 2.72. The maximum absolute atomic E-state index is 2.34. The van der Waals surface area contributed by atoms with Crippen LogP contribution in [-0.4, -0.2) is 0 Å². The quantitative estimate of drug-likeness (QED) is 0.554. The lowest BCUT2D eigenvalue weighted by atomic mass is 9.68. The topological polar surface area (TPSA) is 3.88 Å². The highest BCUT2D eigenvalue weighted by molar-refractivity contribution is 5.53. The third-order valence-corrected chi connectivity index (χ3v) is 5.68. The Labute approximate surface area is 137 Å². The van der Waals surface area contributed by atoms with Gasteiger partial charge in [-0.05, 0) is 41.2 Å². The van der Waals surface area contributed by atoms with Crippen LogP contribution >= 0.6 is 0 Å². The van der Waals surface area contributed by atoms with Crippen LogP contribution in [0.2, 0.25) is 0 Å². The van der Waals surface area contributed by atoms with Gasteiger partial charge in [-0.2, -0.15) is 0 Å². The summed E-state index contributed by atoms with van der Waals surface area (Å²) in [4.78, 5) is 0. The largest absolute Gasteiger partial charge is 0.204 e. The van der Waals surface area contributed by atoms with E-state index in [1.165, 1.54) is 33.5 Å². The second kappa shape index (κ2) is 4.79. The van der Waals surface area contributed by atoms with Crippen molar-refractivity contribution in [2.45, 2.75) is 24.7 Å². The van der Waals surface area contributed by atoms with Crippen LogP contribution in [0.3, 0.4) is 0 Å². The number of aryl methyl sites for hydroxylation is 1. The highest BCUT2D eigenvalue weighted by Crippen LogP contribution is 2.46. The minimum Gasteiger partial charge on any atom is -0.204 e. The highest BCUT2D eigenvalue weighted by atomic mass is 14.9. The molecule has 0 amide bonds. The molecule has 3 aliphatic carbocycles. The van der Waals surface area contributed by atoms with E-state index in [1.807, 2.05) is 0 Å². The van der Waals surface area contributed by atoms with Crippen LogP contribution < -0.4 is 4.57 Å². The Balaban J connectivity index is 1.83. The molecule has 2 unspecified atom stereocenters. The lowest BCUT2D eigenvalue weighted by Crippen LogP contribution is -2.40. The zero-order valence-corrected chi connectivity index (χ0v) is 13.4. The van der Waals surface area contributed by atoms with Crippen molar-refractivity contribution in [1.82, 2.24) is 0 Å². The summed E-state index contributed by atoms with van der Waals surface area (Å²) in [6, 6.07) is 22.6. The number of hydrogen-bond donors (Lipinski definition) is 0. The molecule has 1 aromatic heterocycles. The summed E-state index contributed by atoms with van der Waals surface area (Å²) in [5, 5.41) is 0. The first kappa shape index (κ1) is 13.1. The zero-order valence-electron chi connectivity index (χ0n) is 13.4. The second-order valence-electron chi connectivity index (χ2n) is 6.87. The second-order valence-corrected chi connectivity index (χ2v) is 6.87. The smallest absolute Gasteiger partial charge is 0.192 e.